The number of aliphatic imine (C=N–C) groups is 1. The molecule has 1 amide bonds. The number of amides is 1. The highest BCUT2D eigenvalue weighted by molar-refractivity contribution is 14.0. The summed E-state index contributed by atoms with van der Waals surface area (Å²) in [4.78, 5) is 18.2. The lowest BCUT2D eigenvalue weighted by atomic mass is 9.85. The van der Waals surface area contributed by atoms with Crippen LogP contribution in [0.25, 0.3) is 0 Å². The van der Waals surface area contributed by atoms with E-state index in [1.807, 2.05) is 27.9 Å². The molecule has 0 bridgehead atoms. The van der Waals surface area contributed by atoms with Gasteiger partial charge in [-0.1, -0.05) is 11.6 Å². The molecular weight excluding hydrogens is 445 g/mol. The zero-order valence-electron chi connectivity index (χ0n) is 16.5. The molecule has 0 aromatic carbocycles. The number of carbonyl (C=O) groups excluding carboxylic acids is 1. The first-order valence-electron chi connectivity index (χ1n) is 9.02. The van der Waals surface area contributed by atoms with Crippen LogP contribution >= 0.6 is 24.0 Å². The Bertz CT molecular complexity index is 595. The van der Waals surface area contributed by atoms with Gasteiger partial charge in [0.25, 0.3) is 0 Å². The Morgan fingerprint density at radius 3 is 2.65 bits per heavy atom. The third-order valence-corrected chi connectivity index (χ3v) is 4.88. The van der Waals surface area contributed by atoms with E-state index in [2.05, 4.69) is 20.8 Å². The number of hydrogen-bond acceptors (Lipinski definition) is 4. The van der Waals surface area contributed by atoms with Crippen molar-refractivity contribution < 1.29 is 9.32 Å². The van der Waals surface area contributed by atoms with E-state index < -0.39 is 0 Å². The summed E-state index contributed by atoms with van der Waals surface area (Å²) < 4.78 is 5.19. The maximum absolute atomic E-state index is 12.2. The fourth-order valence-corrected chi connectivity index (χ4v) is 3.46. The van der Waals surface area contributed by atoms with Crippen molar-refractivity contribution in [1.29, 1.82) is 0 Å². The van der Waals surface area contributed by atoms with Crippen molar-refractivity contribution >= 4 is 35.8 Å². The van der Waals surface area contributed by atoms with Gasteiger partial charge in [0.15, 0.2) is 5.96 Å². The zero-order chi connectivity index (χ0) is 18.4. The maximum atomic E-state index is 12.2. The van der Waals surface area contributed by atoms with Gasteiger partial charge in [-0.2, -0.15) is 0 Å². The number of aryl methyl sites for hydroxylation is 2. The number of carbonyl (C=O) groups is 1. The molecule has 8 heteroatoms. The predicted octanol–water partition coefficient (Wildman–Crippen LogP) is 2.26. The van der Waals surface area contributed by atoms with Gasteiger partial charge >= 0.3 is 0 Å². The quantitative estimate of drug-likeness (QED) is 0.386. The second-order valence-corrected chi connectivity index (χ2v) is 6.99. The summed E-state index contributed by atoms with van der Waals surface area (Å²) in [5.74, 6) is 2.00. The summed E-state index contributed by atoms with van der Waals surface area (Å²) >= 11 is 0. The van der Waals surface area contributed by atoms with Gasteiger partial charge < -0.3 is 20.1 Å². The highest BCUT2D eigenvalue weighted by Gasteiger charge is 2.28. The van der Waals surface area contributed by atoms with E-state index in [1.165, 1.54) is 0 Å². The van der Waals surface area contributed by atoms with Crippen LogP contribution < -0.4 is 10.6 Å². The molecule has 1 aliphatic carbocycles. The first-order valence-corrected chi connectivity index (χ1v) is 9.02. The molecule has 2 atom stereocenters. The SMILES string of the molecule is CN=C(NCCc1c(C)noc1C)NC1CCCC(C(=O)N(C)C)C1.I. The van der Waals surface area contributed by atoms with Gasteiger partial charge in [-0.05, 0) is 39.5 Å². The fourth-order valence-electron chi connectivity index (χ4n) is 3.46. The Morgan fingerprint density at radius 2 is 2.08 bits per heavy atom. The molecule has 2 unspecified atom stereocenters. The van der Waals surface area contributed by atoms with Crippen LogP contribution in [-0.2, 0) is 11.2 Å². The van der Waals surface area contributed by atoms with Gasteiger partial charge in [-0.15, -0.1) is 24.0 Å². The number of aromatic nitrogens is 1. The summed E-state index contributed by atoms with van der Waals surface area (Å²) in [6, 6.07) is 0.285. The van der Waals surface area contributed by atoms with Crippen LogP contribution in [0.3, 0.4) is 0 Å². The lowest BCUT2D eigenvalue weighted by Gasteiger charge is -2.31. The minimum Gasteiger partial charge on any atom is -0.361 e. The highest BCUT2D eigenvalue weighted by Crippen LogP contribution is 2.25. The van der Waals surface area contributed by atoms with Crippen LogP contribution in [-0.4, -0.2) is 55.7 Å². The minimum absolute atomic E-state index is 0. The summed E-state index contributed by atoms with van der Waals surface area (Å²) in [5.41, 5.74) is 2.09. The third-order valence-electron chi connectivity index (χ3n) is 4.88. The number of rotatable bonds is 5. The Labute approximate surface area is 173 Å². The van der Waals surface area contributed by atoms with E-state index in [0.717, 1.165) is 61.6 Å². The first kappa shape index (κ1) is 22.7. The van der Waals surface area contributed by atoms with Crippen LogP contribution in [0.1, 0.15) is 42.7 Å². The number of guanidine groups is 1. The van der Waals surface area contributed by atoms with Crippen molar-refractivity contribution in [3.63, 3.8) is 0 Å². The summed E-state index contributed by atoms with van der Waals surface area (Å²) in [5, 5.41) is 10.8. The summed E-state index contributed by atoms with van der Waals surface area (Å²) in [6.45, 7) is 4.66. The standard InChI is InChI=1S/C18H31N5O2.HI/c1-12-16(13(2)25-22-12)9-10-20-18(19-3)21-15-8-6-7-14(11-15)17(24)23(4)5;/h14-15H,6-11H2,1-5H3,(H2,19,20,21);1H. The second kappa shape index (κ2) is 10.7. The Kier molecular flexibility index (Phi) is 9.38. The molecule has 1 heterocycles. The van der Waals surface area contributed by atoms with Crippen molar-refractivity contribution in [1.82, 2.24) is 20.7 Å². The lowest BCUT2D eigenvalue weighted by Crippen LogP contribution is -2.47. The molecule has 0 spiro atoms. The molecule has 0 radical (unpaired) electrons. The molecule has 26 heavy (non-hydrogen) atoms. The van der Waals surface area contributed by atoms with Crippen molar-refractivity contribution in [2.45, 2.75) is 52.0 Å². The van der Waals surface area contributed by atoms with Crippen LogP contribution in [0.5, 0.6) is 0 Å². The molecule has 1 aromatic rings. The average Bonchev–Trinajstić information content (AvgIpc) is 2.92. The summed E-state index contributed by atoms with van der Waals surface area (Å²) in [7, 11) is 5.43. The van der Waals surface area contributed by atoms with E-state index in [4.69, 9.17) is 4.52 Å². The third kappa shape index (κ3) is 6.14. The zero-order valence-corrected chi connectivity index (χ0v) is 18.8. The topological polar surface area (TPSA) is 82.8 Å². The first-order chi connectivity index (χ1) is 11.9. The van der Waals surface area contributed by atoms with Crippen LogP contribution in [0, 0.1) is 19.8 Å². The average molecular weight is 477 g/mol. The van der Waals surface area contributed by atoms with Crippen LogP contribution in [0.15, 0.2) is 9.52 Å². The van der Waals surface area contributed by atoms with E-state index in [9.17, 15) is 4.79 Å². The number of halogens is 1. The van der Waals surface area contributed by atoms with Crippen molar-refractivity contribution in [2.24, 2.45) is 10.9 Å². The van der Waals surface area contributed by atoms with Gasteiger partial charge in [0.05, 0.1) is 5.69 Å². The van der Waals surface area contributed by atoms with Gasteiger partial charge in [-0.25, -0.2) is 0 Å². The number of hydrogen-bond donors (Lipinski definition) is 2. The lowest BCUT2D eigenvalue weighted by molar-refractivity contribution is -0.134. The Hall–Kier alpha value is -1.32. The van der Waals surface area contributed by atoms with E-state index in [1.54, 1.807) is 11.9 Å². The number of nitrogens with one attached hydrogen (secondary N) is 2. The van der Waals surface area contributed by atoms with Crippen LogP contribution in [0.2, 0.25) is 0 Å². The molecule has 1 aliphatic rings. The predicted molar refractivity (Wildman–Crippen MR) is 114 cm³/mol. The smallest absolute Gasteiger partial charge is 0.225 e. The van der Waals surface area contributed by atoms with E-state index >= 15 is 0 Å². The van der Waals surface area contributed by atoms with E-state index in [-0.39, 0.29) is 41.8 Å². The van der Waals surface area contributed by atoms with Crippen molar-refractivity contribution in [3.05, 3.63) is 17.0 Å². The highest BCUT2D eigenvalue weighted by atomic mass is 127. The summed E-state index contributed by atoms with van der Waals surface area (Å²) in [6.07, 6.45) is 4.82. The fraction of sp³-hybridized carbons (Fsp3) is 0.722. The van der Waals surface area contributed by atoms with Gasteiger partial charge in [0, 0.05) is 45.2 Å². The Balaban J connectivity index is 0.00000338. The largest absolute Gasteiger partial charge is 0.361 e. The molecule has 2 rings (SSSR count). The monoisotopic (exact) mass is 477 g/mol. The molecule has 0 aliphatic heterocycles. The molecule has 0 saturated heterocycles. The molecule has 1 saturated carbocycles. The van der Waals surface area contributed by atoms with E-state index in [0.29, 0.717) is 0 Å². The Morgan fingerprint density at radius 1 is 1.35 bits per heavy atom. The maximum Gasteiger partial charge on any atom is 0.225 e. The van der Waals surface area contributed by atoms with Crippen LogP contribution in [0.4, 0.5) is 0 Å². The molecule has 7 nitrogen and oxygen atoms in total. The molecule has 2 N–H and O–H groups in total. The molecular formula is C18H32IN5O2. The minimum atomic E-state index is 0. The molecule has 148 valence electrons. The molecule has 1 aromatic heterocycles. The van der Waals surface area contributed by atoms with Crippen molar-refractivity contribution in [3.8, 4) is 0 Å². The molecule has 1 fully saturated rings. The van der Waals surface area contributed by atoms with Gasteiger partial charge in [-0.3, -0.25) is 9.79 Å². The van der Waals surface area contributed by atoms with Gasteiger partial charge in [0.1, 0.15) is 5.76 Å². The second-order valence-electron chi connectivity index (χ2n) is 6.99. The van der Waals surface area contributed by atoms with Gasteiger partial charge in [0.2, 0.25) is 5.91 Å². The van der Waals surface area contributed by atoms with Crippen molar-refractivity contribution in [2.75, 3.05) is 27.7 Å². The normalized spacial score (nSPS) is 20.3. The number of nitrogens with zero attached hydrogens (tertiary/aromatic N) is 3.